The normalized spacial score (nSPS) is 12.4. The summed E-state index contributed by atoms with van der Waals surface area (Å²) < 4.78 is 11.4. The molecule has 3 aromatic heterocycles. The summed E-state index contributed by atoms with van der Waals surface area (Å²) >= 11 is 0. The summed E-state index contributed by atoms with van der Waals surface area (Å²) in [5, 5.41) is 2.07. The molecule has 3 N–H and O–H groups in total. The van der Waals surface area contributed by atoms with Crippen molar-refractivity contribution in [2.45, 2.75) is 98.3 Å². The van der Waals surface area contributed by atoms with Gasteiger partial charge in [-0.2, -0.15) is 0 Å². The standard InChI is InChI=1S/C32H47N3O3/c1-5-9-10-11-12-13-14-15-16-18-25-19-20-26(33-25)23-28-31(37-7-3)29(32(36)38-8-4)30(35-28)27-22-21-24(34-27)17-6-2/h18-23,33-35H,5-17H2,1-4H3. The summed E-state index contributed by atoms with van der Waals surface area (Å²) in [7, 11) is 0. The van der Waals surface area contributed by atoms with Crippen LogP contribution in [0.5, 0.6) is 5.75 Å². The number of unbranched alkanes of at least 4 members (excludes halogenated alkanes) is 8. The van der Waals surface area contributed by atoms with Crippen LogP contribution >= 0.6 is 0 Å². The average molecular weight is 522 g/mol. The minimum absolute atomic E-state index is 0.300. The van der Waals surface area contributed by atoms with Crippen LogP contribution in [0.4, 0.5) is 0 Å². The highest BCUT2D eigenvalue weighted by Gasteiger charge is 2.26. The lowest BCUT2D eigenvalue weighted by Crippen LogP contribution is -2.10. The van der Waals surface area contributed by atoms with Gasteiger partial charge in [0.2, 0.25) is 0 Å². The molecule has 0 fully saturated rings. The zero-order chi connectivity index (χ0) is 27.2. The first-order valence-corrected chi connectivity index (χ1v) is 14.7. The van der Waals surface area contributed by atoms with Crippen molar-refractivity contribution in [3.05, 3.63) is 51.9 Å². The third kappa shape index (κ3) is 8.44. The highest BCUT2D eigenvalue weighted by molar-refractivity contribution is 6.00. The van der Waals surface area contributed by atoms with Crippen molar-refractivity contribution in [3.63, 3.8) is 0 Å². The van der Waals surface area contributed by atoms with Crippen molar-refractivity contribution in [2.24, 2.45) is 0 Å². The van der Waals surface area contributed by atoms with Gasteiger partial charge in [-0.05, 0) is 63.5 Å². The van der Waals surface area contributed by atoms with E-state index >= 15 is 0 Å². The number of hydrogen-bond donors (Lipinski definition) is 3. The zero-order valence-electron chi connectivity index (χ0n) is 23.9. The fourth-order valence-corrected chi connectivity index (χ4v) is 4.82. The fraction of sp³-hybridized carbons (Fsp3) is 0.531. The summed E-state index contributed by atoms with van der Waals surface area (Å²) in [6.45, 7) is 8.90. The largest absolute Gasteiger partial charge is 0.491 e. The molecular weight excluding hydrogens is 474 g/mol. The first-order chi connectivity index (χ1) is 18.6. The Morgan fingerprint density at radius 1 is 0.789 bits per heavy atom. The molecule has 0 bridgehead atoms. The molecule has 0 aliphatic heterocycles. The average Bonchev–Trinajstić information content (AvgIpc) is 3.63. The van der Waals surface area contributed by atoms with Gasteiger partial charge in [-0.15, -0.1) is 0 Å². The number of ether oxygens (including phenoxy) is 2. The summed E-state index contributed by atoms with van der Waals surface area (Å²) in [5.74, 6) is 0.131. The summed E-state index contributed by atoms with van der Waals surface area (Å²) in [5.41, 5.74) is 3.85. The van der Waals surface area contributed by atoms with Crippen LogP contribution in [0.25, 0.3) is 23.5 Å². The van der Waals surface area contributed by atoms with E-state index in [0.717, 1.165) is 47.0 Å². The highest BCUT2D eigenvalue weighted by Crippen LogP contribution is 2.35. The first kappa shape index (κ1) is 29.4. The Labute approximate surface area is 227 Å². The molecule has 3 aromatic rings. The molecule has 3 heterocycles. The second-order valence-electron chi connectivity index (χ2n) is 9.90. The molecule has 0 atom stereocenters. The van der Waals surface area contributed by atoms with Gasteiger partial charge in [0.25, 0.3) is 0 Å². The van der Waals surface area contributed by atoms with Gasteiger partial charge in [0.05, 0.1) is 30.3 Å². The minimum Gasteiger partial charge on any atom is -0.491 e. The Balaban J connectivity index is 1.80. The maximum atomic E-state index is 13.0. The molecule has 0 saturated heterocycles. The molecule has 6 nitrogen and oxygen atoms in total. The van der Waals surface area contributed by atoms with E-state index in [2.05, 4.69) is 53.1 Å². The van der Waals surface area contributed by atoms with E-state index in [1.54, 1.807) is 0 Å². The number of aromatic amines is 3. The highest BCUT2D eigenvalue weighted by atomic mass is 16.5. The van der Waals surface area contributed by atoms with Crippen molar-refractivity contribution in [1.82, 2.24) is 15.0 Å². The SMILES string of the molecule is CCCCCCCCCCC=c1ccc(=Cc2[nH]c(-c3ccc(CCC)[nH]3)c(C(=O)OCC)c2OCC)[nH]1. The van der Waals surface area contributed by atoms with Crippen molar-refractivity contribution < 1.29 is 14.3 Å². The first-order valence-electron chi connectivity index (χ1n) is 14.7. The number of carbonyl (C=O) groups excluding carboxylic acids is 1. The van der Waals surface area contributed by atoms with Crippen LogP contribution in [0.2, 0.25) is 0 Å². The summed E-state index contributed by atoms with van der Waals surface area (Å²) in [6, 6.07) is 8.24. The predicted molar refractivity (Wildman–Crippen MR) is 157 cm³/mol. The van der Waals surface area contributed by atoms with Crippen molar-refractivity contribution in [2.75, 3.05) is 13.2 Å². The molecule has 0 saturated carbocycles. The molecule has 3 rings (SSSR count). The van der Waals surface area contributed by atoms with Crippen LogP contribution < -0.4 is 15.4 Å². The molecule has 0 aliphatic rings. The minimum atomic E-state index is -0.389. The molecule has 0 amide bonds. The third-order valence-electron chi connectivity index (χ3n) is 6.74. The monoisotopic (exact) mass is 521 g/mol. The molecule has 6 heteroatoms. The van der Waals surface area contributed by atoms with Gasteiger partial charge in [0.15, 0.2) is 5.75 Å². The van der Waals surface area contributed by atoms with E-state index in [1.165, 1.54) is 51.4 Å². The Kier molecular flexibility index (Phi) is 12.3. The van der Waals surface area contributed by atoms with Crippen molar-refractivity contribution in [1.29, 1.82) is 0 Å². The van der Waals surface area contributed by atoms with Gasteiger partial charge >= 0.3 is 5.97 Å². The number of hydrogen-bond acceptors (Lipinski definition) is 3. The number of H-pyrrole nitrogens is 3. The number of rotatable bonds is 17. The molecule has 208 valence electrons. The lowest BCUT2D eigenvalue weighted by Gasteiger charge is -2.07. The van der Waals surface area contributed by atoms with E-state index in [9.17, 15) is 4.79 Å². The molecule has 38 heavy (non-hydrogen) atoms. The van der Waals surface area contributed by atoms with Gasteiger partial charge in [-0.3, -0.25) is 0 Å². The van der Waals surface area contributed by atoms with Crippen LogP contribution in [-0.2, 0) is 11.2 Å². The van der Waals surface area contributed by atoms with Gasteiger partial charge in [0, 0.05) is 16.4 Å². The Hall–Kier alpha value is -3.15. The van der Waals surface area contributed by atoms with E-state index < -0.39 is 0 Å². The lowest BCUT2D eigenvalue weighted by molar-refractivity contribution is 0.0523. The van der Waals surface area contributed by atoms with Crippen LogP contribution in [-0.4, -0.2) is 34.1 Å². The van der Waals surface area contributed by atoms with Crippen LogP contribution in [0.3, 0.4) is 0 Å². The predicted octanol–water partition coefficient (Wildman–Crippen LogP) is 7.01. The molecule has 0 aliphatic carbocycles. The van der Waals surface area contributed by atoms with Gasteiger partial charge in [-0.25, -0.2) is 4.79 Å². The Morgan fingerprint density at radius 3 is 2.24 bits per heavy atom. The molecule has 0 unspecified atom stereocenters. The van der Waals surface area contributed by atoms with Crippen molar-refractivity contribution in [3.8, 4) is 17.1 Å². The number of nitrogens with one attached hydrogen (secondary N) is 3. The maximum absolute atomic E-state index is 13.0. The zero-order valence-corrected chi connectivity index (χ0v) is 23.9. The molecule has 0 radical (unpaired) electrons. The summed E-state index contributed by atoms with van der Waals surface area (Å²) in [6.07, 6.45) is 18.0. The molecule has 0 aromatic carbocycles. The van der Waals surface area contributed by atoms with Crippen LogP contribution in [0.1, 0.15) is 114 Å². The molecule has 0 spiro atoms. The van der Waals surface area contributed by atoms with E-state index in [1.807, 2.05) is 26.0 Å². The maximum Gasteiger partial charge on any atom is 0.344 e. The Bertz CT molecular complexity index is 1230. The smallest absolute Gasteiger partial charge is 0.344 e. The summed E-state index contributed by atoms with van der Waals surface area (Å²) in [4.78, 5) is 23.4. The topological polar surface area (TPSA) is 82.9 Å². The van der Waals surface area contributed by atoms with Crippen molar-refractivity contribution >= 4 is 18.1 Å². The number of esters is 1. The van der Waals surface area contributed by atoms with E-state index in [-0.39, 0.29) is 5.97 Å². The second kappa shape index (κ2) is 16.0. The van der Waals surface area contributed by atoms with Gasteiger partial charge in [0.1, 0.15) is 5.56 Å². The lowest BCUT2D eigenvalue weighted by atomic mass is 10.1. The molecular formula is C32H47N3O3. The number of aryl methyl sites for hydroxylation is 1. The van der Waals surface area contributed by atoms with E-state index in [0.29, 0.717) is 30.2 Å². The third-order valence-corrected chi connectivity index (χ3v) is 6.74. The van der Waals surface area contributed by atoms with Crippen LogP contribution in [0, 0.1) is 0 Å². The Morgan fingerprint density at radius 2 is 1.53 bits per heavy atom. The number of carbonyl (C=O) groups is 1. The van der Waals surface area contributed by atoms with Crippen LogP contribution in [0.15, 0.2) is 24.3 Å². The fourth-order valence-electron chi connectivity index (χ4n) is 4.82. The van der Waals surface area contributed by atoms with Gasteiger partial charge < -0.3 is 24.4 Å². The quantitative estimate of drug-likeness (QED) is 0.132. The number of aromatic nitrogens is 3. The van der Waals surface area contributed by atoms with E-state index in [4.69, 9.17) is 9.47 Å². The second-order valence-corrected chi connectivity index (χ2v) is 9.90. The van der Waals surface area contributed by atoms with Gasteiger partial charge in [-0.1, -0.05) is 71.3 Å².